The summed E-state index contributed by atoms with van der Waals surface area (Å²) in [6.45, 7) is 5.12. The molecule has 1 saturated heterocycles. The number of nitrogens with one attached hydrogen (secondary N) is 1. The van der Waals surface area contributed by atoms with Gasteiger partial charge in [0.25, 0.3) is 0 Å². The van der Waals surface area contributed by atoms with Crippen molar-refractivity contribution in [2.24, 2.45) is 0 Å². The maximum atomic E-state index is 14.2. The topological polar surface area (TPSA) is 33.7 Å². The first kappa shape index (κ1) is 15.2. The summed E-state index contributed by atoms with van der Waals surface area (Å²) in [6.07, 6.45) is 0.944. The summed E-state index contributed by atoms with van der Waals surface area (Å²) in [5.74, 6) is -0.155. The number of halogens is 1. The number of ether oxygens (including phenoxy) is 2. The predicted molar refractivity (Wildman–Crippen MR) is 77.6 cm³/mol. The summed E-state index contributed by atoms with van der Waals surface area (Å²) < 4.78 is 24.6. The summed E-state index contributed by atoms with van der Waals surface area (Å²) in [6, 6.07) is 5.46. The molecule has 1 aliphatic rings. The van der Waals surface area contributed by atoms with Crippen molar-refractivity contribution in [3.8, 4) is 0 Å². The van der Waals surface area contributed by atoms with Gasteiger partial charge in [0.05, 0.1) is 18.9 Å². The van der Waals surface area contributed by atoms with E-state index in [1.54, 1.807) is 13.2 Å². The third kappa shape index (κ3) is 4.44. The van der Waals surface area contributed by atoms with Gasteiger partial charge in [-0.1, -0.05) is 6.07 Å². The maximum absolute atomic E-state index is 14.2. The lowest BCUT2D eigenvalue weighted by molar-refractivity contribution is 0.152. The molecule has 0 amide bonds. The zero-order valence-corrected chi connectivity index (χ0v) is 12.0. The molecule has 0 saturated carbocycles. The third-order valence-electron chi connectivity index (χ3n) is 3.39. The molecule has 0 atom stereocenters. The van der Waals surface area contributed by atoms with Gasteiger partial charge in [-0.05, 0) is 24.1 Å². The van der Waals surface area contributed by atoms with Crippen LogP contribution in [-0.2, 0) is 16.0 Å². The van der Waals surface area contributed by atoms with Gasteiger partial charge in [-0.3, -0.25) is 0 Å². The molecule has 1 aromatic carbocycles. The number of benzene rings is 1. The van der Waals surface area contributed by atoms with Gasteiger partial charge in [-0.2, -0.15) is 0 Å². The average molecular weight is 282 g/mol. The Morgan fingerprint density at radius 3 is 3.05 bits per heavy atom. The van der Waals surface area contributed by atoms with Gasteiger partial charge in [-0.15, -0.1) is 0 Å². The zero-order chi connectivity index (χ0) is 14.2. The van der Waals surface area contributed by atoms with Crippen LogP contribution >= 0.6 is 0 Å². The van der Waals surface area contributed by atoms with Crippen LogP contribution in [0.25, 0.3) is 0 Å². The van der Waals surface area contributed by atoms with Gasteiger partial charge in [-0.25, -0.2) is 4.39 Å². The molecule has 0 spiro atoms. The van der Waals surface area contributed by atoms with Crippen LogP contribution in [0.2, 0.25) is 0 Å². The quantitative estimate of drug-likeness (QED) is 0.807. The molecule has 5 heteroatoms. The molecule has 0 aromatic heterocycles. The fraction of sp³-hybridized carbons (Fsp3) is 0.600. The van der Waals surface area contributed by atoms with Gasteiger partial charge in [0.15, 0.2) is 0 Å². The minimum Gasteiger partial charge on any atom is -0.383 e. The van der Waals surface area contributed by atoms with E-state index < -0.39 is 0 Å². The van der Waals surface area contributed by atoms with Crippen molar-refractivity contribution in [1.82, 2.24) is 5.32 Å². The molecule has 0 bridgehead atoms. The molecule has 0 unspecified atom stereocenters. The number of hydrogen-bond donors (Lipinski definition) is 1. The van der Waals surface area contributed by atoms with Gasteiger partial charge in [0.1, 0.15) is 5.82 Å². The first-order valence-electron chi connectivity index (χ1n) is 7.12. The summed E-state index contributed by atoms with van der Waals surface area (Å²) >= 11 is 0. The molecule has 2 rings (SSSR count). The first-order valence-corrected chi connectivity index (χ1v) is 7.12. The van der Waals surface area contributed by atoms with Gasteiger partial charge < -0.3 is 19.7 Å². The van der Waals surface area contributed by atoms with Crippen molar-refractivity contribution in [2.75, 3.05) is 51.5 Å². The van der Waals surface area contributed by atoms with Crippen LogP contribution < -0.4 is 10.2 Å². The molecule has 4 nitrogen and oxygen atoms in total. The van der Waals surface area contributed by atoms with Crippen LogP contribution in [0.1, 0.15) is 12.0 Å². The Morgan fingerprint density at radius 2 is 2.25 bits per heavy atom. The zero-order valence-electron chi connectivity index (χ0n) is 12.0. The second-order valence-corrected chi connectivity index (χ2v) is 4.91. The Balaban J connectivity index is 1.94. The first-order chi connectivity index (χ1) is 9.81. The second-order valence-electron chi connectivity index (χ2n) is 4.91. The van der Waals surface area contributed by atoms with E-state index in [-0.39, 0.29) is 5.82 Å². The highest BCUT2D eigenvalue weighted by molar-refractivity contribution is 5.49. The van der Waals surface area contributed by atoms with Gasteiger partial charge in [0, 0.05) is 39.9 Å². The molecule has 112 valence electrons. The van der Waals surface area contributed by atoms with Crippen molar-refractivity contribution in [3.05, 3.63) is 29.6 Å². The number of rotatable bonds is 6. The SMILES string of the molecule is COCCNCc1ccc(N2CCCOCC2)c(F)c1. The molecular weight excluding hydrogens is 259 g/mol. The van der Waals surface area contributed by atoms with E-state index in [0.29, 0.717) is 25.4 Å². The summed E-state index contributed by atoms with van der Waals surface area (Å²) in [4.78, 5) is 2.06. The lowest BCUT2D eigenvalue weighted by Crippen LogP contribution is -2.27. The van der Waals surface area contributed by atoms with Crippen LogP contribution in [0, 0.1) is 5.82 Å². The number of methoxy groups -OCH3 is 1. The molecule has 1 heterocycles. The van der Waals surface area contributed by atoms with E-state index in [0.717, 1.165) is 38.2 Å². The summed E-state index contributed by atoms with van der Waals surface area (Å²) in [7, 11) is 1.67. The van der Waals surface area contributed by atoms with Crippen molar-refractivity contribution in [2.45, 2.75) is 13.0 Å². The van der Waals surface area contributed by atoms with Crippen LogP contribution in [0.4, 0.5) is 10.1 Å². The molecular formula is C15H23FN2O2. The number of nitrogens with zero attached hydrogens (tertiary/aromatic N) is 1. The summed E-state index contributed by atoms with van der Waals surface area (Å²) in [5, 5.41) is 3.21. The van der Waals surface area contributed by atoms with E-state index in [4.69, 9.17) is 9.47 Å². The number of anilines is 1. The predicted octanol–water partition coefficient (Wildman–Crippen LogP) is 1.79. The Bertz CT molecular complexity index is 407. The van der Waals surface area contributed by atoms with Crippen molar-refractivity contribution >= 4 is 5.69 Å². The van der Waals surface area contributed by atoms with Gasteiger partial charge >= 0.3 is 0 Å². The highest BCUT2D eigenvalue weighted by Crippen LogP contribution is 2.21. The number of hydrogen-bond acceptors (Lipinski definition) is 4. The van der Waals surface area contributed by atoms with Crippen LogP contribution in [0.15, 0.2) is 18.2 Å². The standard InChI is InChI=1S/C15H23FN2O2/c1-19-9-5-17-12-13-3-4-15(14(16)11-13)18-6-2-8-20-10-7-18/h3-4,11,17H,2,5-10,12H2,1H3. The van der Waals surface area contributed by atoms with Gasteiger partial charge in [0.2, 0.25) is 0 Å². The fourth-order valence-electron chi connectivity index (χ4n) is 2.31. The highest BCUT2D eigenvalue weighted by atomic mass is 19.1. The van der Waals surface area contributed by atoms with Crippen molar-refractivity contribution in [1.29, 1.82) is 0 Å². The van der Waals surface area contributed by atoms with E-state index in [9.17, 15) is 4.39 Å². The molecule has 0 radical (unpaired) electrons. The lowest BCUT2D eigenvalue weighted by atomic mass is 10.1. The van der Waals surface area contributed by atoms with Crippen LogP contribution in [0.3, 0.4) is 0 Å². The van der Waals surface area contributed by atoms with Crippen LogP contribution in [-0.4, -0.2) is 46.6 Å². The second kappa shape index (κ2) is 8.19. The molecule has 1 aromatic rings. The maximum Gasteiger partial charge on any atom is 0.146 e. The third-order valence-corrected chi connectivity index (χ3v) is 3.39. The molecule has 0 aliphatic carbocycles. The van der Waals surface area contributed by atoms with Crippen molar-refractivity contribution < 1.29 is 13.9 Å². The molecule has 20 heavy (non-hydrogen) atoms. The average Bonchev–Trinajstić information content (AvgIpc) is 2.73. The Kier molecular flexibility index (Phi) is 6.24. The minimum absolute atomic E-state index is 0.155. The lowest BCUT2D eigenvalue weighted by Gasteiger charge is -2.22. The molecule has 1 aliphatic heterocycles. The summed E-state index contributed by atoms with van der Waals surface area (Å²) in [5.41, 5.74) is 1.63. The van der Waals surface area contributed by atoms with E-state index in [1.807, 2.05) is 12.1 Å². The van der Waals surface area contributed by atoms with E-state index >= 15 is 0 Å². The largest absolute Gasteiger partial charge is 0.383 e. The molecule has 1 N–H and O–H groups in total. The Labute approximate surface area is 119 Å². The normalized spacial score (nSPS) is 16.2. The minimum atomic E-state index is -0.155. The monoisotopic (exact) mass is 282 g/mol. The smallest absolute Gasteiger partial charge is 0.146 e. The highest BCUT2D eigenvalue weighted by Gasteiger charge is 2.14. The fourth-order valence-corrected chi connectivity index (χ4v) is 2.31. The Morgan fingerprint density at radius 1 is 1.35 bits per heavy atom. The van der Waals surface area contributed by atoms with E-state index in [1.165, 1.54) is 0 Å². The van der Waals surface area contributed by atoms with Crippen LogP contribution in [0.5, 0.6) is 0 Å². The Hall–Kier alpha value is -1.17. The van der Waals surface area contributed by atoms with E-state index in [2.05, 4.69) is 10.2 Å². The molecule has 1 fully saturated rings. The van der Waals surface area contributed by atoms with Crippen molar-refractivity contribution in [3.63, 3.8) is 0 Å².